The summed E-state index contributed by atoms with van der Waals surface area (Å²) < 4.78 is 5.74. The van der Waals surface area contributed by atoms with Crippen LogP contribution in [-0.2, 0) is 4.79 Å². The van der Waals surface area contributed by atoms with Gasteiger partial charge in [-0.3, -0.25) is 4.79 Å². The first kappa shape index (κ1) is 21.7. The quantitative estimate of drug-likeness (QED) is 0.429. The number of carbonyl (C=O) groups is 2. The Bertz CT molecular complexity index is 1040. The zero-order valence-corrected chi connectivity index (χ0v) is 17.4. The van der Waals surface area contributed by atoms with Crippen molar-refractivity contribution in [2.24, 2.45) is 0 Å². The molecule has 8 heteroatoms. The number of amides is 3. The Balaban J connectivity index is 1.58. The van der Waals surface area contributed by atoms with Gasteiger partial charge in [0, 0.05) is 11.4 Å². The first-order chi connectivity index (χ1) is 14.9. The first-order valence-corrected chi connectivity index (χ1v) is 9.64. The normalized spacial score (nSPS) is 10.4. The van der Waals surface area contributed by atoms with Gasteiger partial charge in [-0.05, 0) is 68.7 Å². The van der Waals surface area contributed by atoms with Crippen LogP contribution >= 0.6 is 0 Å². The average Bonchev–Trinajstić information content (AvgIpc) is 2.72. The summed E-state index contributed by atoms with van der Waals surface area (Å²) in [6.45, 7) is 0.224. The lowest BCUT2D eigenvalue weighted by Gasteiger charge is -2.14. The van der Waals surface area contributed by atoms with Gasteiger partial charge in [-0.2, -0.15) is 0 Å². The number of likely N-dealkylation sites (N-methyl/N-ethyl adjacent to an activating group) is 1. The number of para-hydroxylation sites is 1. The third kappa shape index (κ3) is 6.76. The van der Waals surface area contributed by atoms with Gasteiger partial charge >= 0.3 is 6.03 Å². The van der Waals surface area contributed by atoms with Gasteiger partial charge in [-0.15, -0.1) is 0 Å². The van der Waals surface area contributed by atoms with E-state index in [1.165, 1.54) is 0 Å². The van der Waals surface area contributed by atoms with Gasteiger partial charge in [-0.1, -0.05) is 18.2 Å². The molecule has 0 fully saturated rings. The van der Waals surface area contributed by atoms with Crippen molar-refractivity contribution in [3.63, 3.8) is 0 Å². The number of rotatable bonds is 7. The van der Waals surface area contributed by atoms with E-state index in [0.717, 1.165) is 5.75 Å². The highest BCUT2D eigenvalue weighted by molar-refractivity contribution is 6.01. The van der Waals surface area contributed by atoms with Gasteiger partial charge in [0.15, 0.2) is 0 Å². The van der Waals surface area contributed by atoms with E-state index in [4.69, 9.17) is 10.5 Å². The van der Waals surface area contributed by atoms with Crippen LogP contribution in [0.2, 0.25) is 0 Å². The number of anilines is 4. The highest BCUT2D eigenvalue weighted by atomic mass is 16.5. The summed E-state index contributed by atoms with van der Waals surface area (Å²) >= 11 is 0. The Labute approximate surface area is 181 Å². The summed E-state index contributed by atoms with van der Waals surface area (Å²) in [6, 6.07) is 20.9. The molecule has 0 aliphatic heterocycles. The lowest BCUT2D eigenvalue weighted by atomic mass is 10.2. The summed E-state index contributed by atoms with van der Waals surface area (Å²) in [6.07, 6.45) is 0. The van der Waals surface area contributed by atoms with Gasteiger partial charge in [0.1, 0.15) is 11.5 Å². The molecule has 0 radical (unpaired) electrons. The molecule has 0 saturated carbocycles. The van der Waals surface area contributed by atoms with Crippen molar-refractivity contribution >= 4 is 34.7 Å². The second-order valence-corrected chi connectivity index (χ2v) is 7.11. The van der Waals surface area contributed by atoms with Crippen LogP contribution in [0.4, 0.5) is 27.5 Å². The molecule has 160 valence electrons. The van der Waals surface area contributed by atoms with Crippen LogP contribution in [0.25, 0.3) is 0 Å². The summed E-state index contributed by atoms with van der Waals surface area (Å²) in [5.41, 5.74) is 7.87. The number of urea groups is 1. The molecule has 3 aromatic rings. The SMILES string of the molecule is CN(C)CC(=O)Nc1cc(NC(=O)Nc2ccc(Oc3ccccc3)cc2)ccc1N. The molecule has 0 spiro atoms. The zero-order valence-electron chi connectivity index (χ0n) is 17.4. The van der Waals surface area contributed by atoms with Crippen molar-refractivity contribution in [3.05, 3.63) is 72.8 Å². The molecule has 0 unspecified atom stereocenters. The Morgan fingerprint density at radius 3 is 2.13 bits per heavy atom. The standard InChI is InChI=1S/C23H25N5O3/c1-28(2)15-22(29)27-21-14-17(10-13-20(21)24)26-23(30)25-16-8-11-19(12-9-16)31-18-6-4-3-5-7-18/h3-14H,15,24H2,1-2H3,(H,27,29)(H2,25,26,30). The van der Waals surface area contributed by atoms with E-state index < -0.39 is 6.03 Å². The monoisotopic (exact) mass is 419 g/mol. The Hall–Kier alpha value is -4.04. The minimum Gasteiger partial charge on any atom is -0.457 e. The molecule has 5 N–H and O–H groups in total. The van der Waals surface area contributed by atoms with Crippen LogP contribution in [0.15, 0.2) is 72.8 Å². The number of hydrogen-bond acceptors (Lipinski definition) is 5. The predicted molar refractivity (Wildman–Crippen MR) is 124 cm³/mol. The molecular formula is C23H25N5O3. The Morgan fingerprint density at radius 2 is 1.45 bits per heavy atom. The number of nitrogens with one attached hydrogen (secondary N) is 3. The van der Waals surface area contributed by atoms with Crippen molar-refractivity contribution in [3.8, 4) is 11.5 Å². The lowest BCUT2D eigenvalue weighted by molar-refractivity contribution is -0.116. The third-order valence-electron chi connectivity index (χ3n) is 4.14. The van der Waals surface area contributed by atoms with E-state index >= 15 is 0 Å². The van der Waals surface area contributed by atoms with E-state index in [2.05, 4.69) is 16.0 Å². The minimum absolute atomic E-state index is 0.198. The largest absolute Gasteiger partial charge is 0.457 e. The number of nitrogens with two attached hydrogens (primary N) is 1. The highest BCUT2D eigenvalue weighted by Crippen LogP contribution is 2.24. The highest BCUT2D eigenvalue weighted by Gasteiger charge is 2.09. The maximum Gasteiger partial charge on any atom is 0.323 e. The fourth-order valence-electron chi connectivity index (χ4n) is 2.74. The van der Waals surface area contributed by atoms with E-state index in [1.54, 1.807) is 61.5 Å². The summed E-state index contributed by atoms with van der Waals surface area (Å²) in [5, 5.41) is 8.22. The lowest BCUT2D eigenvalue weighted by Crippen LogP contribution is -2.27. The van der Waals surface area contributed by atoms with Gasteiger partial charge in [0.2, 0.25) is 5.91 Å². The fraction of sp³-hybridized carbons (Fsp3) is 0.130. The van der Waals surface area contributed by atoms with Crippen molar-refractivity contribution in [2.45, 2.75) is 0 Å². The van der Waals surface area contributed by atoms with E-state index in [-0.39, 0.29) is 12.5 Å². The molecule has 3 amide bonds. The van der Waals surface area contributed by atoms with E-state index in [0.29, 0.717) is 28.5 Å². The predicted octanol–water partition coefficient (Wildman–Crippen LogP) is 4.21. The average molecular weight is 419 g/mol. The smallest absolute Gasteiger partial charge is 0.323 e. The van der Waals surface area contributed by atoms with Gasteiger partial charge in [0.05, 0.1) is 17.9 Å². The van der Waals surface area contributed by atoms with Crippen LogP contribution in [0.1, 0.15) is 0 Å². The number of carbonyl (C=O) groups excluding carboxylic acids is 2. The summed E-state index contributed by atoms with van der Waals surface area (Å²) in [7, 11) is 3.59. The maximum absolute atomic E-state index is 12.3. The number of benzene rings is 3. The summed E-state index contributed by atoms with van der Waals surface area (Å²) in [5.74, 6) is 1.20. The number of hydrogen-bond donors (Lipinski definition) is 4. The van der Waals surface area contributed by atoms with Crippen LogP contribution < -0.4 is 26.4 Å². The first-order valence-electron chi connectivity index (χ1n) is 9.64. The van der Waals surface area contributed by atoms with Gasteiger partial charge in [0.25, 0.3) is 0 Å². The topological polar surface area (TPSA) is 109 Å². The molecule has 31 heavy (non-hydrogen) atoms. The number of ether oxygens (including phenoxy) is 1. The van der Waals surface area contributed by atoms with Crippen molar-refractivity contribution < 1.29 is 14.3 Å². The molecule has 8 nitrogen and oxygen atoms in total. The number of nitrogen functional groups attached to an aromatic ring is 1. The molecule has 0 aliphatic rings. The van der Waals surface area contributed by atoms with Crippen molar-refractivity contribution in [2.75, 3.05) is 42.3 Å². The molecule has 0 aromatic heterocycles. The third-order valence-corrected chi connectivity index (χ3v) is 4.14. The Kier molecular flexibility index (Phi) is 7.08. The molecular weight excluding hydrogens is 394 g/mol. The second kappa shape index (κ2) is 10.1. The molecule has 0 saturated heterocycles. The van der Waals surface area contributed by atoms with Crippen molar-refractivity contribution in [1.29, 1.82) is 0 Å². The minimum atomic E-state index is -0.424. The zero-order chi connectivity index (χ0) is 22.2. The molecule has 0 aliphatic carbocycles. The molecule has 3 aromatic carbocycles. The summed E-state index contributed by atoms with van der Waals surface area (Å²) in [4.78, 5) is 26.1. The fourth-order valence-corrected chi connectivity index (χ4v) is 2.74. The van der Waals surface area contributed by atoms with Gasteiger partial charge in [-0.25, -0.2) is 4.79 Å². The van der Waals surface area contributed by atoms with Crippen LogP contribution in [0.5, 0.6) is 11.5 Å². The van der Waals surface area contributed by atoms with E-state index in [9.17, 15) is 9.59 Å². The van der Waals surface area contributed by atoms with Crippen LogP contribution in [0, 0.1) is 0 Å². The van der Waals surface area contributed by atoms with Crippen LogP contribution in [0.3, 0.4) is 0 Å². The molecule has 0 bridgehead atoms. The molecule has 3 rings (SSSR count). The van der Waals surface area contributed by atoms with E-state index in [1.807, 2.05) is 30.3 Å². The molecule has 0 heterocycles. The van der Waals surface area contributed by atoms with Gasteiger partial charge < -0.3 is 31.3 Å². The van der Waals surface area contributed by atoms with Crippen LogP contribution in [-0.4, -0.2) is 37.5 Å². The number of nitrogens with zero attached hydrogens (tertiary/aromatic N) is 1. The second-order valence-electron chi connectivity index (χ2n) is 7.11. The maximum atomic E-state index is 12.3. The van der Waals surface area contributed by atoms with Crippen molar-refractivity contribution in [1.82, 2.24) is 4.90 Å². The Morgan fingerprint density at radius 1 is 0.839 bits per heavy atom. The molecule has 0 atom stereocenters.